The third-order valence-corrected chi connectivity index (χ3v) is 5.84. The molecule has 29 heavy (non-hydrogen) atoms. The molecular formula is C21H26N4O4. The van der Waals surface area contributed by atoms with Gasteiger partial charge < -0.3 is 16.0 Å². The monoisotopic (exact) mass is 398 g/mol. The van der Waals surface area contributed by atoms with Crippen molar-refractivity contribution in [1.29, 1.82) is 0 Å². The molecule has 1 spiro atoms. The Kier molecular flexibility index (Phi) is 5.25. The number of urea groups is 1. The summed E-state index contributed by atoms with van der Waals surface area (Å²) in [7, 11) is 0. The van der Waals surface area contributed by atoms with E-state index >= 15 is 0 Å². The number of rotatable bonds is 6. The predicted molar refractivity (Wildman–Crippen MR) is 106 cm³/mol. The first-order valence-corrected chi connectivity index (χ1v) is 10.3. The van der Waals surface area contributed by atoms with Crippen molar-refractivity contribution in [3.8, 4) is 0 Å². The van der Waals surface area contributed by atoms with Gasteiger partial charge in [-0.25, -0.2) is 4.79 Å². The van der Waals surface area contributed by atoms with Gasteiger partial charge in [0.05, 0.1) is 0 Å². The van der Waals surface area contributed by atoms with Gasteiger partial charge >= 0.3 is 6.03 Å². The van der Waals surface area contributed by atoms with E-state index in [2.05, 4.69) is 16.0 Å². The van der Waals surface area contributed by atoms with Crippen LogP contribution < -0.4 is 16.0 Å². The van der Waals surface area contributed by atoms with Crippen molar-refractivity contribution in [2.75, 3.05) is 11.9 Å². The number of carbonyl (C=O) groups is 4. The third-order valence-electron chi connectivity index (χ3n) is 5.84. The van der Waals surface area contributed by atoms with Gasteiger partial charge in [-0.15, -0.1) is 0 Å². The van der Waals surface area contributed by atoms with Crippen LogP contribution in [-0.4, -0.2) is 46.8 Å². The van der Waals surface area contributed by atoms with E-state index in [0.29, 0.717) is 24.1 Å². The molecule has 2 saturated carbocycles. The van der Waals surface area contributed by atoms with Gasteiger partial charge in [0.2, 0.25) is 5.91 Å². The summed E-state index contributed by atoms with van der Waals surface area (Å²) in [6.07, 6.45) is 6.26. The fraction of sp³-hybridized carbons (Fsp3) is 0.524. The summed E-state index contributed by atoms with van der Waals surface area (Å²) < 4.78 is 0. The molecule has 154 valence electrons. The molecule has 0 unspecified atom stereocenters. The Morgan fingerprint density at radius 3 is 2.62 bits per heavy atom. The van der Waals surface area contributed by atoms with E-state index in [-0.39, 0.29) is 36.7 Å². The Balaban J connectivity index is 1.31. The van der Waals surface area contributed by atoms with Crippen LogP contribution in [0.25, 0.3) is 0 Å². The van der Waals surface area contributed by atoms with E-state index in [1.54, 1.807) is 24.3 Å². The Morgan fingerprint density at radius 2 is 1.90 bits per heavy atom. The molecule has 8 heteroatoms. The first-order valence-electron chi connectivity index (χ1n) is 10.3. The van der Waals surface area contributed by atoms with Crippen LogP contribution in [0.3, 0.4) is 0 Å². The standard InChI is InChI=1S/C21H26N4O4/c26-17(22-16-6-4-5-14(13-16)18(27)23-15-7-8-15)9-12-25-19(28)21(24-20(25)29)10-2-1-3-11-21/h4-6,13,15H,1-3,7-12H2,(H,22,26)(H,23,27)(H,24,29). The van der Waals surface area contributed by atoms with Gasteiger partial charge in [-0.2, -0.15) is 0 Å². The Hall–Kier alpha value is -2.90. The largest absolute Gasteiger partial charge is 0.349 e. The highest BCUT2D eigenvalue weighted by Crippen LogP contribution is 2.33. The van der Waals surface area contributed by atoms with Gasteiger partial charge in [-0.1, -0.05) is 25.3 Å². The minimum absolute atomic E-state index is 0.00768. The Bertz CT molecular complexity index is 843. The van der Waals surface area contributed by atoms with Crippen molar-refractivity contribution >= 4 is 29.4 Å². The van der Waals surface area contributed by atoms with Crippen LogP contribution in [0.15, 0.2) is 24.3 Å². The highest BCUT2D eigenvalue weighted by molar-refractivity contribution is 6.07. The first-order chi connectivity index (χ1) is 14.0. The highest BCUT2D eigenvalue weighted by atomic mass is 16.2. The number of nitrogens with one attached hydrogen (secondary N) is 3. The van der Waals surface area contributed by atoms with Crippen molar-refractivity contribution in [3.63, 3.8) is 0 Å². The minimum Gasteiger partial charge on any atom is -0.349 e. The van der Waals surface area contributed by atoms with Crippen LogP contribution in [0.1, 0.15) is 61.7 Å². The van der Waals surface area contributed by atoms with Gasteiger partial charge in [0, 0.05) is 30.3 Å². The van der Waals surface area contributed by atoms with E-state index in [9.17, 15) is 19.2 Å². The first kappa shape index (κ1) is 19.4. The van der Waals surface area contributed by atoms with E-state index in [0.717, 1.165) is 37.0 Å². The van der Waals surface area contributed by atoms with Crippen LogP contribution in [-0.2, 0) is 9.59 Å². The second kappa shape index (κ2) is 7.85. The van der Waals surface area contributed by atoms with Crippen LogP contribution >= 0.6 is 0 Å². The number of hydrogen-bond acceptors (Lipinski definition) is 4. The molecule has 0 aromatic heterocycles. The summed E-state index contributed by atoms with van der Waals surface area (Å²) in [6, 6.07) is 6.59. The topological polar surface area (TPSA) is 108 Å². The molecule has 0 bridgehead atoms. The lowest BCUT2D eigenvalue weighted by Gasteiger charge is -2.30. The molecule has 3 aliphatic rings. The zero-order valence-corrected chi connectivity index (χ0v) is 16.3. The number of imide groups is 1. The van der Waals surface area contributed by atoms with Crippen molar-refractivity contribution in [1.82, 2.24) is 15.5 Å². The molecule has 4 rings (SSSR count). The summed E-state index contributed by atoms with van der Waals surface area (Å²) in [4.78, 5) is 50.6. The fourth-order valence-electron chi connectivity index (χ4n) is 4.04. The molecule has 3 fully saturated rings. The molecule has 1 heterocycles. The number of amides is 5. The number of benzene rings is 1. The number of anilines is 1. The molecule has 5 amide bonds. The Labute approximate surface area is 169 Å². The van der Waals surface area contributed by atoms with Crippen LogP contribution in [0.2, 0.25) is 0 Å². The van der Waals surface area contributed by atoms with Crippen molar-refractivity contribution in [2.45, 2.75) is 62.9 Å². The molecule has 0 radical (unpaired) electrons. The van der Waals surface area contributed by atoms with Crippen LogP contribution in [0, 0.1) is 0 Å². The lowest BCUT2D eigenvalue weighted by molar-refractivity contribution is -0.132. The number of hydrogen-bond donors (Lipinski definition) is 3. The summed E-state index contributed by atoms with van der Waals surface area (Å²) in [5, 5.41) is 8.50. The van der Waals surface area contributed by atoms with Gasteiger partial charge in [0.15, 0.2) is 0 Å². The van der Waals surface area contributed by atoms with Crippen molar-refractivity contribution in [2.24, 2.45) is 0 Å². The maximum absolute atomic E-state index is 12.7. The molecule has 0 atom stereocenters. The smallest absolute Gasteiger partial charge is 0.325 e. The lowest BCUT2D eigenvalue weighted by atomic mass is 9.82. The zero-order chi connectivity index (χ0) is 20.4. The molecular weight excluding hydrogens is 372 g/mol. The Morgan fingerprint density at radius 1 is 1.14 bits per heavy atom. The van der Waals surface area contributed by atoms with E-state index < -0.39 is 11.6 Å². The van der Waals surface area contributed by atoms with E-state index in [1.165, 1.54) is 0 Å². The lowest BCUT2D eigenvalue weighted by Crippen LogP contribution is -2.48. The minimum atomic E-state index is -0.769. The molecule has 1 aromatic rings. The molecule has 1 aliphatic heterocycles. The van der Waals surface area contributed by atoms with Gasteiger partial charge in [0.25, 0.3) is 11.8 Å². The highest BCUT2D eigenvalue weighted by Gasteiger charge is 2.51. The van der Waals surface area contributed by atoms with Gasteiger partial charge in [0.1, 0.15) is 5.54 Å². The molecule has 2 aliphatic carbocycles. The van der Waals surface area contributed by atoms with Crippen molar-refractivity contribution < 1.29 is 19.2 Å². The average Bonchev–Trinajstić information content (AvgIpc) is 3.49. The van der Waals surface area contributed by atoms with Crippen LogP contribution in [0.4, 0.5) is 10.5 Å². The normalized spacial score (nSPS) is 20.5. The fourth-order valence-corrected chi connectivity index (χ4v) is 4.04. The summed E-state index contributed by atoms with van der Waals surface area (Å²) in [6.45, 7) is 0.0418. The summed E-state index contributed by atoms with van der Waals surface area (Å²) >= 11 is 0. The molecule has 1 saturated heterocycles. The quantitative estimate of drug-likeness (QED) is 0.638. The summed E-state index contributed by atoms with van der Waals surface area (Å²) in [5.74, 6) is -0.676. The second-order valence-electron chi connectivity index (χ2n) is 8.16. The second-order valence-corrected chi connectivity index (χ2v) is 8.16. The molecule has 8 nitrogen and oxygen atoms in total. The number of nitrogens with zero attached hydrogens (tertiary/aromatic N) is 1. The van der Waals surface area contributed by atoms with Crippen LogP contribution in [0.5, 0.6) is 0 Å². The number of carbonyl (C=O) groups excluding carboxylic acids is 4. The van der Waals surface area contributed by atoms with Gasteiger partial charge in [-0.3, -0.25) is 19.3 Å². The summed E-state index contributed by atoms with van der Waals surface area (Å²) in [5.41, 5.74) is 0.233. The average molecular weight is 398 g/mol. The van der Waals surface area contributed by atoms with E-state index in [4.69, 9.17) is 0 Å². The van der Waals surface area contributed by atoms with Crippen molar-refractivity contribution in [3.05, 3.63) is 29.8 Å². The maximum atomic E-state index is 12.7. The van der Waals surface area contributed by atoms with E-state index in [1.807, 2.05) is 0 Å². The third kappa shape index (κ3) is 4.26. The molecule has 1 aromatic carbocycles. The SMILES string of the molecule is O=C(CCN1C(=O)NC2(CCCCC2)C1=O)Nc1cccc(C(=O)NC2CC2)c1. The predicted octanol–water partition coefficient (Wildman–Crippen LogP) is 2.16. The molecule has 3 N–H and O–H groups in total. The van der Waals surface area contributed by atoms with Gasteiger partial charge in [-0.05, 0) is 43.9 Å². The zero-order valence-electron chi connectivity index (χ0n) is 16.3. The maximum Gasteiger partial charge on any atom is 0.325 e.